The van der Waals surface area contributed by atoms with Crippen molar-refractivity contribution in [1.82, 2.24) is 0 Å². The van der Waals surface area contributed by atoms with Crippen LogP contribution in [0.5, 0.6) is 5.75 Å². The summed E-state index contributed by atoms with van der Waals surface area (Å²) in [6.07, 6.45) is 0. The Morgan fingerprint density at radius 1 is 1.24 bits per heavy atom. The molecule has 1 heterocycles. The Labute approximate surface area is 128 Å². The number of hydrogen-bond acceptors (Lipinski definition) is 3. The first-order chi connectivity index (χ1) is 10.1. The molecule has 3 rings (SSSR count). The van der Waals surface area contributed by atoms with E-state index in [1.54, 1.807) is 12.1 Å². The molecule has 0 unspecified atom stereocenters. The molecular formula is C16H10BrFO3. The molecule has 0 bridgehead atoms. The van der Waals surface area contributed by atoms with Crippen molar-refractivity contribution in [3.63, 3.8) is 0 Å². The van der Waals surface area contributed by atoms with E-state index in [9.17, 15) is 9.18 Å². The third kappa shape index (κ3) is 2.34. The van der Waals surface area contributed by atoms with E-state index in [2.05, 4.69) is 15.9 Å². The Morgan fingerprint density at radius 2 is 2.00 bits per heavy atom. The first kappa shape index (κ1) is 13.8. The monoisotopic (exact) mass is 348 g/mol. The first-order valence-electron chi connectivity index (χ1n) is 6.17. The van der Waals surface area contributed by atoms with Crippen LogP contribution in [0.1, 0.15) is 16.1 Å². The minimum Gasteiger partial charge on any atom is -0.494 e. The Morgan fingerprint density at radius 3 is 2.71 bits per heavy atom. The fourth-order valence-corrected chi connectivity index (χ4v) is 2.58. The van der Waals surface area contributed by atoms with Crippen LogP contribution in [0.2, 0.25) is 0 Å². The number of methoxy groups -OCH3 is 1. The van der Waals surface area contributed by atoms with Gasteiger partial charge < -0.3 is 9.15 Å². The Bertz CT molecular complexity index is 839. The highest BCUT2D eigenvalue weighted by molar-refractivity contribution is 9.10. The summed E-state index contributed by atoms with van der Waals surface area (Å²) >= 11 is 3.35. The number of hydrogen-bond donors (Lipinski definition) is 0. The fraction of sp³-hybridized carbons (Fsp3) is 0.0625. The van der Waals surface area contributed by atoms with Gasteiger partial charge in [-0.1, -0.05) is 18.2 Å². The van der Waals surface area contributed by atoms with E-state index in [4.69, 9.17) is 9.15 Å². The zero-order chi connectivity index (χ0) is 15.0. The maximum atomic E-state index is 14.1. The van der Waals surface area contributed by atoms with Gasteiger partial charge in [-0.15, -0.1) is 0 Å². The van der Waals surface area contributed by atoms with Crippen LogP contribution in [0.3, 0.4) is 0 Å². The molecule has 5 heteroatoms. The molecule has 3 aromatic rings. The molecule has 0 aliphatic rings. The average Bonchev–Trinajstić information content (AvgIpc) is 2.92. The third-order valence-corrected chi connectivity index (χ3v) is 3.77. The van der Waals surface area contributed by atoms with E-state index in [-0.39, 0.29) is 17.1 Å². The summed E-state index contributed by atoms with van der Waals surface area (Å²) < 4.78 is 25.3. The first-order valence-corrected chi connectivity index (χ1v) is 6.96. The van der Waals surface area contributed by atoms with E-state index in [0.717, 1.165) is 9.86 Å². The highest BCUT2D eigenvalue weighted by atomic mass is 79.9. The van der Waals surface area contributed by atoms with Crippen molar-refractivity contribution in [1.29, 1.82) is 0 Å². The van der Waals surface area contributed by atoms with Crippen LogP contribution < -0.4 is 4.74 Å². The molecule has 21 heavy (non-hydrogen) atoms. The lowest BCUT2D eigenvalue weighted by molar-refractivity contribution is 0.101. The number of rotatable bonds is 3. The van der Waals surface area contributed by atoms with Gasteiger partial charge in [-0.05, 0) is 40.2 Å². The zero-order valence-electron chi connectivity index (χ0n) is 11.0. The van der Waals surface area contributed by atoms with Gasteiger partial charge in [-0.3, -0.25) is 4.79 Å². The van der Waals surface area contributed by atoms with Crippen molar-refractivity contribution >= 4 is 32.7 Å². The van der Waals surface area contributed by atoms with E-state index in [0.29, 0.717) is 5.58 Å². The minimum absolute atomic E-state index is 0.0261. The smallest absolute Gasteiger partial charge is 0.231 e. The number of benzene rings is 2. The van der Waals surface area contributed by atoms with Crippen LogP contribution in [0.15, 0.2) is 51.4 Å². The number of ketones is 1. The molecule has 0 aliphatic heterocycles. The number of para-hydroxylation sites is 1. The van der Waals surface area contributed by atoms with Gasteiger partial charge in [0, 0.05) is 5.39 Å². The van der Waals surface area contributed by atoms with Crippen molar-refractivity contribution in [2.75, 3.05) is 7.11 Å². The van der Waals surface area contributed by atoms with E-state index >= 15 is 0 Å². The lowest BCUT2D eigenvalue weighted by Crippen LogP contribution is -2.04. The lowest BCUT2D eigenvalue weighted by Gasteiger charge is -2.04. The van der Waals surface area contributed by atoms with Crippen LogP contribution in [0, 0.1) is 5.82 Å². The highest BCUT2D eigenvalue weighted by Crippen LogP contribution is 2.29. The van der Waals surface area contributed by atoms with Gasteiger partial charge in [0.15, 0.2) is 17.3 Å². The van der Waals surface area contributed by atoms with Crippen molar-refractivity contribution in [2.45, 2.75) is 0 Å². The van der Waals surface area contributed by atoms with Gasteiger partial charge in [0.25, 0.3) is 0 Å². The van der Waals surface area contributed by atoms with Crippen LogP contribution in [0.4, 0.5) is 4.39 Å². The maximum absolute atomic E-state index is 14.1. The molecule has 0 spiro atoms. The summed E-state index contributed by atoms with van der Waals surface area (Å²) in [5.74, 6) is -1.10. The number of carbonyl (C=O) groups is 1. The Hall–Kier alpha value is -2.14. The molecule has 0 saturated carbocycles. The zero-order valence-corrected chi connectivity index (χ0v) is 12.6. The Kier molecular flexibility index (Phi) is 3.51. The van der Waals surface area contributed by atoms with Gasteiger partial charge >= 0.3 is 0 Å². The summed E-state index contributed by atoms with van der Waals surface area (Å²) in [5, 5.41) is 0.774. The molecule has 0 fully saturated rings. The molecule has 0 saturated heterocycles. The van der Waals surface area contributed by atoms with E-state index in [1.807, 2.05) is 18.2 Å². The number of ether oxygens (including phenoxy) is 1. The second-order valence-electron chi connectivity index (χ2n) is 4.42. The quantitative estimate of drug-likeness (QED) is 0.650. The minimum atomic E-state index is -0.690. The largest absolute Gasteiger partial charge is 0.494 e. The predicted molar refractivity (Wildman–Crippen MR) is 80.3 cm³/mol. The molecule has 0 amide bonds. The molecule has 0 radical (unpaired) electrons. The maximum Gasteiger partial charge on any atom is 0.231 e. The SMILES string of the molecule is COc1cccc(C(=O)c2cc3cccc(Br)c3o2)c1F. The van der Waals surface area contributed by atoms with Crippen LogP contribution in [-0.4, -0.2) is 12.9 Å². The van der Waals surface area contributed by atoms with E-state index in [1.165, 1.54) is 19.2 Å². The average molecular weight is 349 g/mol. The number of carbonyl (C=O) groups excluding carboxylic acids is 1. The van der Waals surface area contributed by atoms with E-state index < -0.39 is 11.6 Å². The second-order valence-corrected chi connectivity index (χ2v) is 5.27. The van der Waals surface area contributed by atoms with Crippen molar-refractivity contribution < 1.29 is 18.3 Å². The molecule has 3 nitrogen and oxygen atoms in total. The standard InChI is InChI=1S/C16H10BrFO3/c1-20-12-7-3-5-10(14(12)18)15(19)13-8-9-4-2-6-11(17)16(9)21-13/h2-8H,1H3. The van der Waals surface area contributed by atoms with Crippen LogP contribution in [0.25, 0.3) is 11.0 Å². The molecule has 106 valence electrons. The van der Waals surface area contributed by atoms with Crippen LogP contribution in [-0.2, 0) is 0 Å². The van der Waals surface area contributed by atoms with Crippen LogP contribution >= 0.6 is 15.9 Å². The summed E-state index contributed by atoms with van der Waals surface area (Å²) in [5.41, 5.74) is 0.480. The summed E-state index contributed by atoms with van der Waals surface area (Å²) in [4.78, 5) is 12.4. The van der Waals surface area contributed by atoms with Gasteiger partial charge in [0.1, 0.15) is 5.58 Å². The van der Waals surface area contributed by atoms with Crippen molar-refractivity contribution in [2.24, 2.45) is 0 Å². The molecule has 2 aromatic carbocycles. The predicted octanol–water partition coefficient (Wildman–Crippen LogP) is 4.57. The topological polar surface area (TPSA) is 39.4 Å². The molecule has 0 atom stereocenters. The highest BCUT2D eigenvalue weighted by Gasteiger charge is 2.21. The number of furan rings is 1. The van der Waals surface area contributed by atoms with Crippen molar-refractivity contribution in [3.8, 4) is 5.75 Å². The van der Waals surface area contributed by atoms with Gasteiger partial charge in [0.05, 0.1) is 17.1 Å². The normalized spacial score (nSPS) is 10.8. The fourth-order valence-electron chi connectivity index (χ4n) is 2.12. The molecular weight excluding hydrogens is 339 g/mol. The Balaban J connectivity index is 2.11. The van der Waals surface area contributed by atoms with Gasteiger partial charge in [-0.25, -0.2) is 4.39 Å². The molecule has 1 aromatic heterocycles. The number of fused-ring (bicyclic) bond motifs is 1. The summed E-state index contributed by atoms with van der Waals surface area (Å²) in [6.45, 7) is 0. The van der Waals surface area contributed by atoms with Gasteiger partial charge in [-0.2, -0.15) is 0 Å². The third-order valence-electron chi connectivity index (χ3n) is 3.15. The lowest BCUT2D eigenvalue weighted by atomic mass is 10.1. The number of halogens is 2. The second kappa shape index (κ2) is 5.33. The summed E-state index contributed by atoms with van der Waals surface area (Å²) in [6, 6.07) is 11.5. The van der Waals surface area contributed by atoms with Gasteiger partial charge in [0.2, 0.25) is 5.78 Å². The molecule has 0 N–H and O–H groups in total. The molecule has 0 aliphatic carbocycles. The summed E-state index contributed by atoms with van der Waals surface area (Å²) in [7, 11) is 1.35. The van der Waals surface area contributed by atoms with Crippen molar-refractivity contribution in [3.05, 3.63) is 64.1 Å².